The molecule has 0 heterocycles. The minimum atomic E-state index is 0.106. The van der Waals surface area contributed by atoms with Gasteiger partial charge in [0, 0.05) is 16.1 Å². The molecule has 0 aliphatic heterocycles. The van der Waals surface area contributed by atoms with Crippen LogP contribution < -0.4 is 10.2 Å². The second-order valence-electron chi connectivity index (χ2n) is 4.66. The maximum absolute atomic E-state index is 11.6. The fourth-order valence-corrected chi connectivity index (χ4v) is 1.92. The summed E-state index contributed by atoms with van der Waals surface area (Å²) in [6.07, 6.45) is 0. The maximum Gasteiger partial charge on any atom is 0.275 e. The molecule has 0 aromatic heterocycles. The Balaban J connectivity index is 2.41. The molecule has 0 aliphatic carbocycles. The van der Waals surface area contributed by atoms with Gasteiger partial charge >= 0.3 is 0 Å². The zero-order valence-electron chi connectivity index (χ0n) is 10.6. The molecule has 0 saturated carbocycles. The predicted octanol–water partition coefficient (Wildman–Crippen LogP) is 0.988. The van der Waals surface area contributed by atoms with E-state index in [9.17, 15) is 4.79 Å². The minimum absolute atomic E-state index is 0.106. The summed E-state index contributed by atoms with van der Waals surface area (Å²) in [7, 11) is 2.03. The second kappa shape index (κ2) is 6.77. The number of amides is 1. The van der Waals surface area contributed by atoms with Crippen molar-refractivity contribution in [3.8, 4) is 0 Å². The molecule has 0 fully saturated rings. The molecule has 0 radical (unpaired) electrons. The van der Waals surface area contributed by atoms with Crippen LogP contribution in [-0.2, 0) is 11.3 Å². The van der Waals surface area contributed by atoms with Crippen molar-refractivity contribution in [2.45, 2.75) is 26.4 Å². The zero-order chi connectivity index (χ0) is 12.8. The Morgan fingerprint density at radius 2 is 1.94 bits per heavy atom. The van der Waals surface area contributed by atoms with E-state index in [2.05, 4.69) is 33.4 Å². The third-order valence-corrected chi connectivity index (χ3v) is 2.86. The zero-order valence-corrected chi connectivity index (χ0v) is 12.2. The minimum Gasteiger partial charge on any atom is -0.349 e. The van der Waals surface area contributed by atoms with E-state index in [1.54, 1.807) is 0 Å². The molecule has 0 aliphatic rings. The summed E-state index contributed by atoms with van der Waals surface area (Å²) in [4.78, 5) is 12.8. The molecule has 2 N–H and O–H groups in total. The van der Waals surface area contributed by atoms with Crippen LogP contribution in [0.15, 0.2) is 28.7 Å². The normalized spacial score (nSPS) is 12.5. The van der Waals surface area contributed by atoms with Gasteiger partial charge in [-0.25, -0.2) is 0 Å². The van der Waals surface area contributed by atoms with E-state index >= 15 is 0 Å². The van der Waals surface area contributed by atoms with E-state index in [-0.39, 0.29) is 11.9 Å². The Labute approximate surface area is 111 Å². The van der Waals surface area contributed by atoms with Gasteiger partial charge in [0.15, 0.2) is 6.54 Å². The summed E-state index contributed by atoms with van der Waals surface area (Å²) in [5, 5.41) is 2.90. The van der Waals surface area contributed by atoms with Crippen molar-refractivity contribution in [3.63, 3.8) is 0 Å². The molecule has 17 heavy (non-hydrogen) atoms. The molecule has 1 rings (SSSR count). The van der Waals surface area contributed by atoms with Crippen LogP contribution in [0, 0.1) is 0 Å². The smallest absolute Gasteiger partial charge is 0.275 e. The second-order valence-corrected chi connectivity index (χ2v) is 5.58. The fraction of sp³-hybridized carbons (Fsp3) is 0.462. The summed E-state index contributed by atoms with van der Waals surface area (Å²) in [6, 6.07) is 8.41. The topological polar surface area (TPSA) is 33.5 Å². The lowest BCUT2D eigenvalue weighted by Gasteiger charge is -2.15. The van der Waals surface area contributed by atoms with E-state index in [0.29, 0.717) is 6.54 Å². The van der Waals surface area contributed by atoms with E-state index in [4.69, 9.17) is 0 Å². The third kappa shape index (κ3) is 5.84. The van der Waals surface area contributed by atoms with Gasteiger partial charge in [0.25, 0.3) is 5.91 Å². The first kappa shape index (κ1) is 14.2. The first-order chi connectivity index (χ1) is 7.97. The van der Waals surface area contributed by atoms with Crippen LogP contribution in [0.25, 0.3) is 0 Å². The van der Waals surface area contributed by atoms with Gasteiger partial charge in [-0.2, -0.15) is 0 Å². The highest BCUT2D eigenvalue weighted by Crippen LogP contribution is 2.09. The molecule has 4 heteroatoms. The van der Waals surface area contributed by atoms with Gasteiger partial charge in [-0.1, -0.05) is 28.1 Å². The SMILES string of the molecule is CC(C)NC(=O)C[NH+](C)Cc1ccc(Br)cc1. The van der Waals surface area contributed by atoms with E-state index in [1.807, 2.05) is 33.0 Å². The first-order valence-corrected chi connectivity index (χ1v) is 6.62. The number of nitrogens with one attached hydrogen (secondary N) is 2. The molecule has 0 bridgehead atoms. The van der Waals surface area contributed by atoms with Crippen molar-refractivity contribution in [2.75, 3.05) is 13.6 Å². The molecule has 1 atom stereocenters. The largest absolute Gasteiger partial charge is 0.349 e. The van der Waals surface area contributed by atoms with Crippen molar-refractivity contribution in [1.29, 1.82) is 0 Å². The monoisotopic (exact) mass is 299 g/mol. The van der Waals surface area contributed by atoms with Gasteiger partial charge in [-0.15, -0.1) is 0 Å². The van der Waals surface area contributed by atoms with Crippen LogP contribution in [0.1, 0.15) is 19.4 Å². The van der Waals surface area contributed by atoms with Crippen molar-refractivity contribution < 1.29 is 9.69 Å². The molecule has 1 amide bonds. The Kier molecular flexibility index (Phi) is 5.65. The molecule has 3 nitrogen and oxygen atoms in total. The van der Waals surface area contributed by atoms with Gasteiger partial charge in [0.2, 0.25) is 0 Å². The van der Waals surface area contributed by atoms with E-state index in [0.717, 1.165) is 11.0 Å². The molecule has 0 spiro atoms. The molecular weight excluding hydrogens is 280 g/mol. The molecule has 94 valence electrons. The molecular formula is C13H20BrN2O+. The summed E-state index contributed by atoms with van der Waals surface area (Å²) in [6.45, 7) is 5.32. The summed E-state index contributed by atoms with van der Waals surface area (Å²) in [5.74, 6) is 0.106. The number of hydrogen-bond acceptors (Lipinski definition) is 1. The van der Waals surface area contributed by atoms with Gasteiger partial charge < -0.3 is 10.2 Å². The number of rotatable bonds is 5. The summed E-state index contributed by atoms with van der Waals surface area (Å²) in [5.41, 5.74) is 1.24. The molecule has 1 aromatic rings. The van der Waals surface area contributed by atoms with Crippen LogP contribution in [0.3, 0.4) is 0 Å². The number of quaternary nitrogens is 1. The quantitative estimate of drug-likeness (QED) is 0.835. The van der Waals surface area contributed by atoms with Crippen molar-refractivity contribution in [1.82, 2.24) is 5.32 Å². The predicted molar refractivity (Wildman–Crippen MR) is 72.9 cm³/mol. The number of halogens is 1. The van der Waals surface area contributed by atoms with Crippen molar-refractivity contribution in [3.05, 3.63) is 34.3 Å². The molecule has 1 aromatic carbocycles. The Morgan fingerprint density at radius 1 is 1.35 bits per heavy atom. The highest BCUT2D eigenvalue weighted by molar-refractivity contribution is 9.10. The lowest BCUT2D eigenvalue weighted by Crippen LogP contribution is -3.09. The average Bonchev–Trinajstić information content (AvgIpc) is 2.19. The Bertz CT molecular complexity index is 362. The van der Waals surface area contributed by atoms with Crippen LogP contribution >= 0.6 is 15.9 Å². The lowest BCUT2D eigenvalue weighted by molar-refractivity contribution is -0.885. The standard InChI is InChI=1S/C13H19BrN2O/c1-10(2)15-13(17)9-16(3)8-11-4-6-12(14)7-5-11/h4-7,10H,8-9H2,1-3H3,(H,15,17)/p+1. The summed E-state index contributed by atoms with van der Waals surface area (Å²) >= 11 is 3.41. The fourth-order valence-electron chi connectivity index (χ4n) is 1.66. The number of carbonyl (C=O) groups is 1. The van der Waals surface area contributed by atoms with Gasteiger partial charge in [0.05, 0.1) is 7.05 Å². The average molecular weight is 300 g/mol. The third-order valence-electron chi connectivity index (χ3n) is 2.33. The van der Waals surface area contributed by atoms with Crippen molar-refractivity contribution in [2.24, 2.45) is 0 Å². The lowest BCUT2D eigenvalue weighted by atomic mass is 10.2. The number of likely N-dealkylation sites (N-methyl/N-ethyl adjacent to an activating group) is 1. The van der Waals surface area contributed by atoms with Gasteiger partial charge in [-0.05, 0) is 26.0 Å². The van der Waals surface area contributed by atoms with E-state index < -0.39 is 0 Å². The van der Waals surface area contributed by atoms with Crippen LogP contribution in [0.2, 0.25) is 0 Å². The van der Waals surface area contributed by atoms with Crippen LogP contribution in [-0.4, -0.2) is 25.5 Å². The Hall–Kier alpha value is -0.870. The van der Waals surface area contributed by atoms with Crippen LogP contribution in [0.4, 0.5) is 0 Å². The number of benzene rings is 1. The number of hydrogen-bond donors (Lipinski definition) is 2. The van der Waals surface area contributed by atoms with E-state index in [1.165, 1.54) is 10.5 Å². The Morgan fingerprint density at radius 3 is 2.47 bits per heavy atom. The van der Waals surface area contributed by atoms with Gasteiger partial charge in [0.1, 0.15) is 6.54 Å². The summed E-state index contributed by atoms with van der Waals surface area (Å²) < 4.78 is 1.08. The van der Waals surface area contributed by atoms with Crippen molar-refractivity contribution >= 4 is 21.8 Å². The maximum atomic E-state index is 11.6. The van der Waals surface area contributed by atoms with Crippen LogP contribution in [0.5, 0.6) is 0 Å². The number of carbonyl (C=O) groups excluding carboxylic acids is 1. The first-order valence-electron chi connectivity index (χ1n) is 5.82. The molecule has 1 unspecified atom stereocenters. The highest BCUT2D eigenvalue weighted by Gasteiger charge is 2.10. The molecule has 0 saturated heterocycles. The van der Waals surface area contributed by atoms with Gasteiger partial charge in [-0.3, -0.25) is 4.79 Å². The highest BCUT2D eigenvalue weighted by atomic mass is 79.9.